The van der Waals surface area contributed by atoms with Crippen LogP contribution in [0.3, 0.4) is 0 Å². The van der Waals surface area contributed by atoms with Crippen LogP contribution in [0, 0.1) is 5.92 Å². The van der Waals surface area contributed by atoms with Crippen molar-refractivity contribution >= 4 is 48.0 Å². The lowest BCUT2D eigenvalue weighted by molar-refractivity contribution is -0.114. The van der Waals surface area contributed by atoms with Crippen LogP contribution in [0.25, 0.3) is 16.9 Å². The standard InChI is InChI=1S/C27H28BClN6O/c1-18(36)32-21-10-8-19(9-11-21)16-34-12-4-5-20(17-34)14-30-26-13-25(22-6-2-3-7-24(22)29)33-27-23(28)15-31-35(26)27/h2-3,6-11,13,15,20,30H,4-5,12,14,16-17H2,1H3,(H,32,36). The molecule has 0 aliphatic carbocycles. The lowest BCUT2D eigenvalue weighted by Gasteiger charge is -2.33. The number of fused-ring (bicyclic) bond motifs is 1. The lowest BCUT2D eigenvalue weighted by Crippen LogP contribution is -2.37. The molecule has 36 heavy (non-hydrogen) atoms. The molecule has 1 unspecified atom stereocenters. The number of rotatable bonds is 7. The van der Waals surface area contributed by atoms with E-state index in [1.165, 1.54) is 12.5 Å². The van der Waals surface area contributed by atoms with E-state index in [0.29, 0.717) is 22.1 Å². The second-order valence-corrected chi connectivity index (χ2v) is 9.75. The average molecular weight is 499 g/mol. The van der Waals surface area contributed by atoms with Crippen LogP contribution in [0.5, 0.6) is 0 Å². The summed E-state index contributed by atoms with van der Waals surface area (Å²) < 4.78 is 1.76. The maximum Gasteiger partial charge on any atom is 0.221 e. The minimum atomic E-state index is -0.0580. The van der Waals surface area contributed by atoms with Crippen molar-refractivity contribution in [1.82, 2.24) is 19.5 Å². The number of anilines is 2. The summed E-state index contributed by atoms with van der Waals surface area (Å²) in [5, 5.41) is 11.5. The van der Waals surface area contributed by atoms with Crippen LogP contribution in [-0.4, -0.2) is 52.9 Å². The highest BCUT2D eigenvalue weighted by Gasteiger charge is 2.21. The summed E-state index contributed by atoms with van der Waals surface area (Å²) in [5.74, 6) is 1.28. The Bertz CT molecular complexity index is 1370. The Labute approximate surface area is 217 Å². The third kappa shape index (κ3) is 5.55. The van der Waals surface area contributed by atoms with E-state index in [1.54, 1.807) is 10.7 Å². The molecule has 3 heterocycles. The van der Waals surface area contributed by atoms with Gasteiger partial charge in [-0.1, -0.05) is 41.9 Å². The number of carbonyl (C=O) groups is 1. The van der Waals surface area contributed by atoms with Crippen LogP contribution in [0.15, 0.2) is 60.8 Å². The zero-order valence-corrected chi connectivity index (χ0v) is 21.0. The predicted molar refractivity (Wildman–Crippen MR) is 146 cm³/mol. The van der Waals surface area contributed by atoms with E-state index in [1.807, 2.05) is 42.5 Å². The van der Waals surface area contributed by atoms with Gasteiger partial charge in [-0.05, 0) is 54.5 Å². The molecule has 1 aliphatic heterocycles. The van der Waals surface area contributed by atoms with Crippen LogP contribution in [0.1, 0.15) is 25.3 Å². The van der Waals surface area contributed by atoms with Gasteiger partial charge in [0.2, 0.25) is 5.91 Å². The summed E-state index contributed by atoms with van der Waals surface area (Å²) in [5.41, 5.74) is 4.83. The largest absolute Gasteiger partial charge is 0.370 e. The molecule has 4 aromatic rings. The van der Waals surface area contributed by atoms with Gasteiger partial charge in [-0.25, -0.2) is 4.98 Å². The molecule has 2 radical (unpaired) electrons. The topological polar surface area (TPSA) is 74.6 Å². The molecule has 0 saturated carbocycles. The molecule has 5 rings (SSSR count). The molecule has 1 amide bonds. The van der Waals surface area contributed by atoms with Gasteiger partial charge in [0.25, 0.3) is 0 Å². The van der Waals surface area contributed by atoms with Crippen molar-refractivity contribution in [3.05, 3.63) is 71.4 Å². The highest BCUT2D eigenvalue weighted by molar-refractivity contribution is 6.36. The van der Waals surface area contributed by atoms with Crippen LogP contribution in [-0.2, 0) is 11.3 Å². The van der Waals surface area contributed by atoms with E-state index in [4.69, 9.17) is 24.4 Å². The fraction of sp³-hybridized carbons (Fsp3) is 0.296. The van der Waals surface area contributed by atoms with Gasteiger partial charge in [-0.3, -0.25) is 9.69 Å². The van der Waals surface area contributed by atoms with Crippen molar-refractivity contribution in [3.8, 4) is 11.3 Å². The minimum Gasteiger partial charge on any atom is -0.370 e. The monoisotopic (exact) mass is 498 g/mol. The summed E-state index contributed by atoms with van der Waals surface area (Å²) >= 11 is 6.45. The first-order chi connectivity index (χ1) is 17.5. The predicted octanol–water partition coefficient (Wildman–Crippen LogP) is 4.13. The molecule has 1 atom stereocenters. The Kier molecular flexibility index (Phi) is 7.25. The van der Waals surface area contributed by atoms with Crippen molar-refractivity contribution in [3.63, 3.8) is 0 Å². The number of halogens is 1. The van der Waals surface area contributed by atoms with Crippen molar-refractivity contribution in [2.75, 3.05) is 30.3 Å². The minimum absolute atomic E-state index is 0.0580. The zero-order chi connectivity index (χ0) is 25.1. The number of benzene rings is 2. The smallest absolute Gasteiger partial charge is 0.221 e. The molecule has 0 spiro atoms. The Balaban J connectivity index is 1.27. The van der Waals surface area contributed by atoms with Gasteiger partial charge in [0.15, 0.2) is 5.65 Å². The van der Waals surface area contributed by atoms with Gasteiger partial charge < -0.3 is 10.6 Å². The number of amides is 1. The lowest BCUT2D eigenvalue weighted by atomic mass is 9.97. The van der Waals surface area contributed by atoms with Gasteiger partial charge in [0, 0.05) is 55.1 Å². The third-order valence-corrected chi connectivity index (χ3v) is 6.83. The molecule has 0 bridgehead atoms. The number of aromatic nitrogens is 3. The molecule has 9 heteroatoms. The maximum atomic E-state index is 11.2. The number of carbonyl (C=O) groups excluding carboxylic acids is 1. The van der Waals surface area contributed by atoms with Gasteiger partial charge >= 0.3 is 0 Å². The summed E-state index contributed by atoms with van der Waals surface area (Å²) in [6, 6.07) is 17.7. The summed E-state index contributed by atoms with van der Waals surface area (Å²) in [7, 11) is 6.16. The van der Waals surface area contributed by atoms with E-state index in [0.717, 1.165) is 61.8 Å². The first kappa shape index (κ1) is 24.3. The Hall–Kier alpha value is -3.36. The molecule has 1 aliphatic rings. The molecule has 7 nitrogen and oxygen atoms in total. The quantitative estimate of drug-likeness (QED) is 0.375. The summed E-state index contributed by atoms with van der Waals surface area (Å²) in [4.78, 5) is 18.5. The molecular weight excluding hydrogens is 471 g/mol. The second kappa shape index (κ2) is 10.7. The number of hydrogen-bond donors (Lipinski definition) is 2. The Morgan fingerprint density at radius 2 is 2.00 bits per heavy atom. The SMILES string of the molecule is [B]c1cnn2c(NCC3CCCN(Cc4ccc(NC(C)=O)cc4)C3)cc(-c3ccccc3Cl)nc12. The Morgan fingerprint density at radius 3 is 2.78 bits per heavy atom. The molecule has 182 valence electrons. The second-order valence-electron chi connectivity index (χ2n) is 9.34. The molecule has 2 N–H and O–H groups in total. The van der Waals surface area contributed by atoms with Gasteiger partial charge in [0.05, 0.1) is 5.69 Å². The number of nitrogens with one attached hydrogen (secondary N) is 2. The Morgan fingerprint density at radius 1 is 1.19 bits per heavy atom. The van der Waals surface area contributed by atoms with E-state index in [9.17, 15) is 4.79 Å². The first-order valence-corrected chi connectivity index (χ1v) is 12.6. The summed E-state index contributed by atoms with van der Waals surface area (Å²) in [6.07, 6.45) is 3.95. The molecule has 2 aromatic carbocycles. The maximum absolute atomic E-state index is 11.2. The first-order valence-electron chi connectivity index (χ1n) is 12.2. The summed E-state index contributed by atoms with van der Waals surface area (Å²) in [6.45, 7) is 5.32. The number of piperidine rings is 1. The van der Waals surface area contributed by atoms with Crippen molar-refractivity contribution < 1.29 is 4.79 Å². The van der Waals surface area contributed by atoms with Crippen LogP contribution >= 0.6 is 11.6 Å². The van der Waals surface area contributed by atoms with Crippen LogP contribution in [0.2, 0.25) is 5.02 Å². The van der Waals surface area contributed by atoms with Gasteiger partial charge in [-0.15, -0.1) is 0 Å². The molecular formula is C27H28BClN6O. The van der Waals surface area contributed by atoms with Crippen LogP contribution < -0.4 is 16.1 Å². The zero-order valence-electron chi connectivity index (χ0n) is 20.2. The fourth-order valence-corrected chi connectivity index (χ4v) is 5.01. The number of nitrogens with zero attached hydrogens (tertiary/aromatic N) is 4. The molecule has 2 aromatic heterocycles. The van der Waals surface area contributed by atoms with Crippen LogP contribution in [0.4, 0.5) is 11.5 Å². The van der Waals surface area contributed by atoms with Gasteiger partial charge in [0.1, 0.15) is 13.7 Å². The van der Waals surface area contributed by atoms with E-state index < -0.39 is 0 Å². The third-order valence-electron chi connectivity index (χ3n) is 6.50. The van der Waals surface area contributed by atoms with Crippen molar-refractivity contribution in [2.45, 2.75) is 26.3 Å². The van der Waals surface area contributed by atoms with E-state index in [2.05, 4.69) is 32.8 Å². The average Bonchev–Trinajstić information content (AvgIpc) is 3.25. The highest BCUT2D eigenvalue weighted by atomic mass is 35.5. The number of hydrogen-bond acceptors (Lipinski definition) is 5. The van der Waals surface area contributed by atoms with E-state index >= 15 is 0 Å². The van der Waals surface area contributed by atoms with Crippen molar-refractivity contribution in [2.24, 2.45) is 5.92 Å². The normalized spacial score (nSPS) is 16.2. The van der Waals surface area contributed by atoms with Crippen molar-refractivity contribution in [1.29, 1.82) is 0 Å². The highest BCUT2D eigenvalue weighted by Crippen LogP contribution is 2.28. The van der Waals surface area contributed by atoms with Gasteiger partial charge in [-0.2, -0.15) is 9.61 Å². The molecule has 1 saturated heterocycles. The van der Waals surface area contributed by atoms with E-state index in [-0.39, 0.29) is 5.91 Å². The molecule has 1 fully saturated rings. The number of likely N-dealkylation sites (tertiary alicyclic amines) is 1. The fourth-order valence-electron chi connectivity index (χ4n) is 4.78.